The third-order valence-electron chi connectivity index (χ3n) is 1.33. The van der Waals surface area contributed by atoms with Gasteiger partial charge < -0.3 is 0 Å². The number of halogens is 3. The Bertz CT molecular complexity index is 212. The molecule has 0 aromatic carbocycles. The summed E-state index contributed by atoms with van der Waals surface area (Å²) in [6.45, 7) is 3.52. The summed E-state index contributed by atoms with van der Waals surface area (Å²) in [4.78, 5) is 0. The van der Waals surface area contributed by atoms with Crippen LogP contribution in [0.4, 0.5) is 13.2 Å². The van der Waals surface area contributed by atoms with Crippen LogP contribution >= 0.6 is 0 Å². The third-order valence-corrected chi connectivity index (χ3v) is 1.33. The molecule has 0 saturated heterocycles. The summed E-state index contributed by atoms with van der Waals surface area (Å²) >= 11 is 0. The van der Waals surface area contributed by atoms with Crippen molar-refractivity contribution in [2.45, 2.75) is 13.8 Å². The second-order valence-electron chi connectivity index (χ2n) is 2.59. The minimum atomic E-state index is -1.00. The highest BCUT2D eigenvalue weighted by Gasteiger charge is 2.00. The van der Waals surface area contributed by atoms with E-state index < -0.39 is 5.83 Å². The van der Waals surface area contributed by atoms with Gasteiger partial charge in [0.2, 0.25) is 0 Å². The Morgan fingerprint density at radius 3 is 2.17 bits per heavy atom. The van der Waals surface area contributed by atoms with Crippen molar-refractivity contribution in [1.29, 1.82) is 0 Å². The summed E-state index contributed by atoms with van der Waals surface area (Å²) in [5.41, 5.74) is 0.406. The Hall–Kier alpha value is -0.990. The highest BCUT2D eigenvalue weighted by atomic mass is 19.2. The van der Waals surface area contributed by atoms with Gasteiger partial charge in [0.1, 0.15) is 6.33 Å². The van der Waals surface area contributed by atoms with Gasteiger partial charge in [-0.15, -0.1) is 0 Å². The summed E-state index contributed by atoms with van der Waals surface area (Å²) in [6.07, 6.45) is 2.21. The largest absolute Gasteiger partial charge is 0.216 e. The first-order valence-electron chi connectivity index (χ1n) is 3.56. The normalized spacial score (nSPS) is 14.8. The monoisotopic (exact) mass is 176 g/mol. The fourth-order valence-electron chi connectivity index (χ4n) is 0.671. The maximum atomic E-state index is 12.3. The SMILES string of the molecule is CC(C)C(C=CF)=CC(F)=CF. The summed E-state index contributed by atoms with van der Waals surface area (Å²) in [6, 6.07) is 0. The molecular formula is C9H11F3. The summed E-state index contributed by atoms with van der Waals surface area (Å²) < 4.78 is 35.6. The zero-order chi connectivity index (χ0) is 9.56. The van der Waals surface area contributed by atoms with E-state index in [1.807, 2.05) is 0 Å². The number of allylic oxidation sites excluding steroid dienone is 4. The van der Waals surface area contributed by atoms with E-state index in [4.69, 9.17) is 0 Å². The molecule has 0 fully saturated rings. The van der Waals surface area contributed by atoms with Crippen molar-refractivity contribution in [1.82, 2.24) is 0 Å². The Labute approximate surface area is 70.1 Å². The number of rotatable bonds is 3. The second kappa shape index (κ2) is 5.63. The Kier molecular flexibility index (Phi) is 5.17. The van der Waals surface area contributed by atoms with E-state index >= 15 is 0 Å². The van der Waals surface area contributed by atoms with Crippen molar-refractivity contribution in [3.05, 3.63) is 36.2 Å². The molecule has 0 saturated carbocycles. The predicted molar refractivity (Wildman–Crippen MR) is 43.5 cm³/mol. The van der Waals surface area contributed by atoms with Crippen LogP contribution in [0, 0.1) is 5.92 Å². The predicted octanol–water partition coefficient (Wildman–Crippen LogP) is 3.83. The van der Waals surface area contributed by atoms with Gasteiger partial charge in [0.05, 0.1) is 6.33 Å². The van der Waals surface area contributed by atoms with Gasteiger partial charge in [-0.1, -0.05) is 13.8 Å². The fraction of sp³-hybridized carbons (Fsp3) is 0.333. The van der Waals surface area contributed by atoms with Crippen LogP contribution in [-0.2, 0) is 0 Å². The van der Waals surface area contributed by atoms with Crippen LogP contribution in [0.1, 0.15) is 13.8 Å². The van der Waals surface area contributed by atoms with Crippen LogP contribution in [0.3, 0.4) is 0 Å². The van der Waals surface area contributed by atoms with E-state index in [0.29, 0.717) is 11.9 Å². The molecule has 68 valence electrons. The van der Waals surface area contributed by atoms with Gasteiger partial charge >= 0.3 is 0 Å². The standard InChI is InChI=1S/C9H11F3/c1-7(2)8(3-4-10)5-9(12)6-11/h3-7H,1-2H3. The maximum absolute atomic E-state index is 12.3. The van der Waals surface area contributed by atoms with E-state index in [9.17, 15) is 13.2 Å². The van der Waals surface area contributed by atoms with E-state index in [1.54, 1.807) is 13.8 Å². The zero-order valence-electron chi connectivity index (χ0n) is 7.02. The lowest BCUT2D eigenvalue weighted by Gasteiger charge is -2.03. The smallest absolute Gasteiger partial charge is 0.151 e. The first kappa shape index (κ1) is 11.0. The molecule has 0 aromatic heterocycles. The van der Waals surface area contributed by atoms with Gasteiger partial charge in [-0.25, -0.2) is 13.2 Å². The van der Waals surface area contributed by atoms with Gasteiger partial charge in [-0.3, -0.25) is 0 Å². The first-order chi connectivity index (χ1) is 5.61. The van der Waals surface area contributed by atoms with Crippen LogP contribution in [0.25, 0.3) is 0 Å². The molecule has 12 heavy (non-hydrogen) atoms. The molecule has 0 N–H and O–H groups in total. The molecular weight excluding hydrogens is 165 g/mol. The van der Waals surface area contributed by atoms with E-state index in [1.165, 1.54) is 0 Å². The summed E-state index contributed by atoms with van der Waals surface area (Å²) in [7, 11) is 0. The lowest BCUT2D eigenvalue weighted by Crippen LogP contribution is -1.90. The molecule has 0 aliphatic rings. The van der Waals surface area contributed by atoms with Crippen molar-refractivity contribution >= 4 is 0 Å². The van der Waals surface area contributed by atoms with Gasteiger partial charge in [-0.05, 0) is 23.6 Å². The molecule has 0 atom stereocenters. The molecule has 0 aromatic rings. The van der Waals surface area contributed by atoms with E-state index in [-0.39, 0.29) is 12.2 Å². The molecule has 0 bridgehead atoms. The van der Waals surface area contributed by atoms with Gasteiger partial charge in [0.15, 0.2) is 5.83 Å². The quantitative estimate of drug-likeness (QED) is 0.573. The molecule has 0 unspecified atom stereocenters. The number of hydrogen-bond donors (Lipinski definition) is 0. The summed E-state index contributed by atoms with van der Waals surface area (Å²) in [5.74, 6) is -1.04. The average Bonchev–Trinajstić information content (AvgIpc) is 2.03. The van der Waals surface area contributed by atoms with E-state index in [2.05, 4.69) is 0 Å². The van der Waals surface area contributed by atoms with Crippen LogP contribution in [0.2, 0.25) is 0 Å². The lowest BCUT2D eigenvalue weighted by atomic mass is 10.0. The molecule has 0 rings (SSSR count). The average molecular weight is 176 g/mol. The highest BCUT2D eigenvalue weighted by molar-refractivity contribution is 5.26. The van der Waals surface area contributed by atoms with Crippen molar-refractivity contribution in [2.75, 3.05) is 0 Å². The van der Waals surface area contributed by atoms with Crippen LogP contribution in [-0.4, -0.2) is 0 Å². The van der Waals surface area contributed by atoms with Crippen molar-refractivity contribution in [3.8, 4) is 0 Å². The molecule has 0 aliphatic carbocycles. The molecule has 3 heteroatoms. The van der Waals surface area contributed by atoms with Crippen LogP contribution in [0.5, 0.6) is 0 Å². The molecule has 0 aliphatic heterocycles. The minimum absolute atomic E-state index is 0.0392. The molecule has 0 radical (unpaired) electrons. The maximum Gasteiger partial charge on any atom is 0.151 e. The molecule has 0 amide bonds. The van der Waals surface area contributed by atoms with E-state index in [0.717, 1.165) is 12.2 Å². The van der Waals surface area contributed by atoms with Crippen molar-refractivity contribution in [2.24, 2.45) is 5.92 Å². The van der Waals surface area contributed by atoms with Gasteiger partial charge in [0, 0.05) is 0 Å². The molecule has 0 heterocycles. The topological polar surface area (TPSA) is 0 Å². The van der Waals surface area contributed by atoms with Crippen LogP contribution < -0.4 is 0 Å². The Balaban J connectivity index is 4.61. The van der Waals surface area contributed by atoms with Gasteiger partial charge in [-0.2, -0.15) is 0 Å². The Morgan fingerprint density at radius 2 is 1.83 bits per heavy atom. The minimum Gasteiger partial charge on any atom is -0.216 e. The Morgan fingerprint density at radius 1 is 1.25 bits per heavy atom. The fourth-order valence-corrected chi connectivity index (χ4v) is 0.671. The lowest BCUT2D eigenvalue weighted by molar-refractivity contribution is 0.602. The molecule has 0 spiro atoms. The van der Waals surface area contributed by atoms with Crippen molar-refractivity contribution < 1.29 is 13.2 Å². The highest BCUT2D eigenvalue weighted by Crippen LogP contribution is 2.14. The molecule has 0 nitrogen and oxygen atoms in total. The zero-order valence-corrected chi connectivity index (χ0v) is 7.02. The van der Waals surface area contributed by atoms with Crippen molar-refractivity contribution in [3.63, 3.8) is 0 Å². The summed E-state index contributed by atoms with van der Waals surface area (Å²) in [5, 5.41) is 0. The van der Waals surface area contributed by atoms with Gasteiger partial charge in [0.25, 0.3) is 0 Å². The third kappa shape index (κ3) is 4.01. The van der Waals surface area contributed by atoms with Crippen LogP contribution in [0.15, 0.2) is 36.2 Å². The first-order valence-corrected chi connectivity index (χ1v) is 3.56. The second-order valence-corrected chi connectivity index (χ2v) is 2.59. The number of hydrogen-bond acceptors (Lipinski definition) is 0.